The molecule has 0 fully saturated rings. The summed E-state index contributed by atoms with van der Waals surface area (Å²) in [6.07, 6.45) is 3.23. The molecule has 0 spiro atoms. The molecule has 4 aromatic carbocycles. The maximum Gasteiger partial charge on any atom is 0.281 e. The van der Waals surface area contributed by atoms with Crippen LogP contribution in [0.3, 0.4) is 0 Å². The maximum absolute atomic E-state index is 13.3. The van der Waals surface area contributed by atoms with Crippen LogP contribution in [0.25, 0.3) is 10.9 Å². The van der Waals surface area contributed by atoms with Gasteiger partial charge in [0.1, 0.15) is 12.4 Å². The molecular weight excluding hydrogens is 495 g/mol. The summed E-state index contributed by atoms with van der Waals surface area (Å²) >= 11 is 0. The third kappa shape index (κ3) is 5.46. The van der Waals surface area contributed by atoms with E-state index in [9.17, 15) is 19.1 Å². The fourth-order valence-corrected chi connectivity index (χ4v) is 4.43. The summed E-state index contributed by atoms with van der Waals surface area (Å²) in [5.74, 6) is -1.38. The number of halogens is 1. The van der Waals surface area contributed by atoms with Crippen molar-refractivity contribution in [2.45, 2.75) is 12.1 Å². The molecule has 8 heteroatoms. The van der Waals surface area contributed by atoms with Gasteiger partial charge in [-0.25, -0.2) is 9.82 Å². The van der Waals surface area contributed by atoms with E-state index in [1.165, 1.54) is 30.5 Å². The van der Waals surface area contributed by atoms with Gasteiger partial charge in [-0.05, 0) is 41.5 Å². The number of aromatic nitrogens is 1. The summed E-state index contributed by atoms with van der Waals surface area (Å²) in [5.41, 5.74) is 3.31. The van der Waals surface area contributed by atoms with Crippen LogP contribution in [-0.4, -0.2) is 27.7 Å². The Morgan fingerprint density at radius 1 is 0.846 bits per heavy atom. The highest BCUT2D eigenvalue weighted by Crippen LogP contribution is 2.30. The van der Waals surface area contributed by atoms with Crippen molar-refractivity contribution in [1.82, 2.24) is 9.99 Å². The standard InChI is InChI=1S/C31H25FN4O3/c32-25-15-17-26(18-16-25)34-29(37)21-36-20-22(27-13-7-8-14-28(27)36)19-33-35-30(38)31(39,23-9-3-1-4-10-23)24-11-5-2-6-12-24/h1-20,39H,21H2,(H,34,37)(H,35,38). The highest BCUT2D eigenvalue weighted by Gasteiger charge is 2.39. The van der Waals surface area contributed by atoms with Crippen LogP contribution in [0.2, 0.25) is 0 Å². The van der Waals surface area contributed by atoms with Crippen molar-refractivity contribution in [1.29, 1.82) is 0 Å². The van der Waals surface area contributed by atoms with Gasteiger partial charge in [0.2, 0.25) is 5.91 Å². The van der Waals surface area contributed by atoms with Gasteiger partial charge >= 0.3 is 0 Å². The predicted octanol–water partition coefficient (Wildman–Crippen LogP) is 4.81. The van der Waals surface area contributed by atoms with Gasteiger partial charge in [0, 0.05) is 28.4 Å². The number of hydrazone groups is 1. The van der Waals surface area contributed by atoms with Gasteiger partial charge in [-0.1, -0.05) is 78.9 Å². The molecule has 5 rings (SSSR count). The first-order valence-electron chi connectivity index (χ1n) is 12.3. The Hall–Kier alpha value is -5.08. The molecule has 0 atom stereocenters. The zero-order valence-corrected chi connectivity index (χ0v) is 20.8. The number of hydrogen-bond acceptors (Lipinski definition) is 4. The molecule has 0 aliphatic rings. The molecular formula is C31H25FN4O3. The van der Waals surface area contributed by atoms with Crippen molar-refractivity contribution in [3.8, 4) is 0 Å². The van der Waals surface area contributed by atoms with E-state index in [1.54, 1.807) is 71.4 Å². The number of fused-ring (bicyclic) bond motifs is 1. The van der Waals surface area contributed by atoms with Gasteiger partial charge in [-0.15, -0.1) is 0 Å². The highest BCUT2D eigenvalue weighted by molar-refractivity contribution is 6.01. The topological polar surface area (TPSA) is 95.7 Å². The summed E-state index contributed by atoms with van der Waals surface area (Å²) in [6.45, 7) is 0.0137. The monoisotopic (exact) mass is 520 g/mol. The van der Waals surface area contributed by atoms with Crippen molar-refractivity contribution in [2.24, 2.45) is 5.10 Å². The van der Waals surface area contributed by atoms with Crippen molar-refractivity contribution >= 4 is 34.6 Å². The molecule has 0 aliphatic heterocycles. The molecule has 3 N–H and O–H groups in total. The number of anilines is 1. The molecule has 1 aromatic heterocycles. The van der Waals surface area contributed by atoms with E-state index >= 15 is 0 Å². The van der Waals surface area contributed by atoms with Crippen LogP contribution in [0, 0.1) is 5.82 Å². The van der Waals surface area contributed by atoms with E-state index in [0.29, 0.717) is 22.4 Å². The third-order valence-electron chi connectivity index (χ3n) is 6.34. The van der Waals surface area contributed by atoms with Crippen LogP contribution >= 0.6 is 0 Å². The molecule has 0 radical (unpaired) electrons. The van der Waals surface area contributed by atoms with E-state index in [4.69, 9.17) is 0 Å². The van der Waals surface area contributed by atoms with Gasteiger partial charge in [-0.2, -0.15) is 5.10 Å². The number of benzene rings is 4. The number of carbonyl (C=O) groups is 2. The van der Waals surface area contributed by atoms with Gasteiger partial charge < -0.3 is 15.0 Å². The molecule has 7 nitrogen and oxygen atoms in total. The normalized spacial score (nSPS) is 11.5. The number of rotatable bonds is 8. The molecule has 5 aromatic rings. The highest BCUT2D eigenvalue weighted by atomic mass is 19.1. The average molecular weight is 521 g/mol. The quantitative estimate of drug-likeness (QED) is 0.203. The van der Waals surface area contributed by atoms with Gasteiger partial charge in [0.15, 0.2) is 5.60 Å². The lowest BCUT2D eigenvalue weighted by atomic mass is 9.85. The van der Waals surface area contributed by atoms with E-state index in [1.807, 2.05) is 24.3 Å². The number of para-hydroxylation sites is 1. The van der Waals surface area contributed by atoms with Crippen LogP contribution in [0.5, 0.6) is 0 Å². The summed E-state index contributed by atoms with van der Waals surface area (Å²) < 4.78 is 14.9. The van der Waals surface area contributed by atoms with E-state index in [-0.39, 0.29) is 18.3 Å². The smallest absolute Gasteiger partial charge is 0.281 e. The Bertz CT molecular complexity index is 1590. The minimum Gasteiger partial charge on any atom is -0.372 e. The summed E-state index contributed by atoms with van der Waals surface area (Å²) in [5, 5.41) is 19.3. The summed E-state index contributed by atoms with van der Waals surface area (Å²) in [4.78, 5) is 26.0. The van der Waals surface area contributed by atoms with Crippen LogP contribution in [0.4, 0.5) is 10.1 Å². The second kappa shape index (κ2) is 11.1. The lowest BCUT2D eigenvalue weighted by Crippen LogP contribution is -2.43. The van der Waals surface area contributed by atoms with Crippen molar-refractivity contribution in [2.75, 3.05) is 5.32 Å². The average Bonchev–Trinajstić information content (AvgIpc) is 3.31. The first-order chi connectivity index (χ1) is 18.9. The predicted molar refractivity (Wildman–Crippen MR) is 149 cm³/mol. The largest absolute Gasteiger partial charge is 0.372 e. The molecule has 0 bridgehead atoms. The van der Waals surface area contributed by atoms with Gasteiger partial charge in [-0.3, -0.25) is 9.59 Å². The molecule has 2 amide bonds. The molecule has 0 aliphatic carbocycles. The molecule has 194 valence electrons. The number of carbonyl (C=O) groups excluding carboxylic acids is 2. The molecule has 0 unspecified atom stereocenters. The molecule has 0 saturated carbocycles. The minimum atomic E-state index is -1.95. The zero-order chi connectivity index (χ0) is 27.2. The molecule has 1 heterocycles. The fourth-order valence-electron chi connectivity index (χ4n) is 4.43. The van der Waals surface area contributed by atoms with Crippen LogP contribution in [-0.2, 0) is 21.7 Å². The Morgan fingerprint density at radius 3 is 2.08 bits per heavy atom. The third-order valence-corrected chi connectivity index (χ3v) is 6.34. The zero-order valence-electron chi connectivity index (χ0n) is 20.8. The van der Waals surface area contributed by atoms with Crippen LogP contribution in [0.1, 0.15) is 16.7 Å². The lowest BCUT2D eigenvalue weighted by Gasteiger charge is -2.27. The SMILES string of the molecule is O=C(Cn1cc(C=NNC(=O)C(O)(c2ccccc2)c2ccccc2)c2ccccc21)Nc1ccc(F)cc1. The summed E-state index contributed by atoms with van der Waals surface area (Å²) in [6, 6.07) is 30.4. The molecule has 0 saturated heterocycles. The first-order valence-corrected chi connectivity index (χ1v) is 12.3. The number of hydrogen-bond donors (Lipinski definition) is 3. The van der Waals surface area contributed by atoms with Crippen molar-refractivity contribution in [3.63, 3.8) is 0 Å². The van der Waals surface area contributed by atoms with Crippen LogP contribution in [0.15, 0.2) is 120 Å². The Kier molecular flexibility index (Phi) is 7.29. The number of amides is 2. The van der Waals surface area contributed by atoms with Crippen LogP contribution < -0.4 is 10.7 Å². The first kappa shape index (κ1) is 25.6. The minimum absolute atomic E-state index is 0.0137. The second-order valence-electron chi connectivity index (χ2n) is 8.93. The van der Waals surface area contributed by atoms with Crippen molar-refractivity contribution in [3.05, 3.63) is 138 Å². The van der Waals surface area contributed by atoms with Gasteiger partial charge in [0.05, 0.1) is 6.21 Å². The Balaban J connectivity index is 1.37. The van der Waals surface area contributed by atoms with Gasteiger partial charge in [0.25, 0.3) is 5.91 Å². The van der Waals surface area contributed by atoms with E-state index in [2.05, 4.69) is 15.8 Å². The Labute approximate surface area is 224 Å². The van der Waals surface area contributed by atoms with E-state index < -0.39 is 11.5 Å². The second-order valence-corrected chi connectivity index (χ2v) is 8.93. The maximum atomic E-state index is 13.3. The van der Waals surface area contributed by atoms with E-state index in [0.717, 1.165) is 10.9 Å². The number of aliphatic hydroxyl groups is 1. The van der Waals surface area contributed by atoms with Crippen molar-refractivity contribution < 1.29 is 19.1 Å². The number of nitrogens with one attached hydrogen (secondary N) is 2. The Morgan fingerprint density at radius 2 is 1.44 bits per heavy atom. The fraction of sp³-hybridized carbons (Fsp3) is 0.0645. The molecule has 39 heavy (non-hydrogen) atoms. The lowest BCUT2D eigenvalue weighted by molar-refractivity contribution is -0.136. The summed E-state index contributed by atoms with van der Waals surface area (Å²) in [7, 11) is 0. The number of nitrogens with zero attached hydrogens (tertiary/aromatic N) is 2.